The molecule has 8 nitrogen and oxygen atoms in total. The summed E-state index contributed by atoms with van der Waals surface area (Å²) < 4.78 is 6.71. The fraction of sp³-hybridized carbons (Fsp3) is 0.174. The molecule has 1 N–H and O–H groups in total. The van der Waals surface area contributed by atoms with Gasteiger partial charge in [-0.1, -0.05) is 53.7 Å². The average Bonchev–Trinajstić information content (AvgIpc) is 3.22. The van der Waals surface area contributed by atoms with E-state index < -0.39 is 5.97 Å². The van der Waals surface area contributed by atoms with E-state index >= 15 is 0 Å². The number of aromatic nitrogens is 4. The van der Waals surface area contributed by atoms with Crippen molar-refractivity contribution in [1.82, 2.24) is 19.8 Å². The SMILES string of the molecule is CCOC(=O)c1ccccc1NC(=O)CSc1ccc2nnc(-c3ccc(C)cc3)n2n1. The summed E-state index contributed by atoms with van der Waals surface area (Å²) in [6, 6.07) is 18.3. The zero-order valence-corrected chi connectivity index (χ0v) is 18.4. The minimum absolute atomic E-state index is 0.123. The number of amides is 1. The van der Waals surface area contributed by atoms with Gasteiger partial charge in [0.1, 0.15) is 5.03 Å². The summed E-state index contributed by atoms with van der Waals surface area (Å²) in [4.78, 5) is 24.6. The lowest BCUT2D eigenvalue weighted by Gasteiger charge is -2.10. The number of nitrogens with zero attached hydrogens (tertiary/aromatic N) is 4. The highest BCUT2D eigenvalue weighted by Gasteiger charge is 2.15. The van der Waals surface area contributed by atoms with Crippen LogP contribution in [0.3, 0.4) is 0 Å². The molecule has 4 rings (SSSR count). The highest BCUT2D eigenvalue weighted by Crippen LogP contribution is 2.22. The lowest BCUT2D eigenvalue weighted by Crippen LogP contribution is -2.17. The van der Waals surface area contributed by atoms with E-state index in [9.17, 15) is 9.59 Å². The Morgan fingerprint density at radius 2 is 1.81 bits per heavy atom. The molecule has 0 fully saturated rings. The number of rotatable bonds is 7. The topological polar surface area (TPSA) is 98.5 Å². The van der Waals surface area contributed by atoms with Crippen LogP contribution in [-0.2, 0) is 9.53 Å². The number of anilines is 1. The summed E-state index contributed by atoms with van der Waals surface area (Å²) in [7, 11) is 0. The van der Waals surface area contributed by atoms with Crippen molar-refractivity contribution in [2.75, 3.05) is 17.7 Å². The second-order valence-corrected chi connectivity index (χ2v) is 7.93. The predicted molar refractivity (Wildman–Crippen MR) is 123 cm³/mol. The van der Waals surface area contributed by atoms with Gasteiger partial charge in [-0.05, 0) is 38.1 Å². The molecule has 0 atom stereocenters. The minimum atomic E-state index is -0.473. The van der Waals surface area contributed by atoms with Crippen LogP contribution in [0.1, 0.15) is 22.8 Å². The summed E-state index contributed by atoms with van der Waals surface area (Å²) in [5, 5.41) is 16.4. The number of esters is 1. The molecule has 0 bridgehead atoms. The highest BCUT2D eigenvalue weighted by molar-refractivity contribution is 7.99. The van der Waals surface area contributed by atoms with Gasteiger partial charge in [0.2, 0.25) is 5.91 Å². The van der Waals surface area contributed by atoms with Crippen LogP contribution in [-0.4, -0.2) is 44.0 Å². The molecule has 2 heterocycles. The first kappa shape index (κ1) is 21.5. The van der Waals surface area contributed by atoms with Gasteiger partial charge in [-0.2, -0.15) is 9.61 Å². The van der Waals surface area contributed by atoms with Gasteiger partial charge in [0.15, 0.2) is 11.5 Å². The second kappa shape index (κ2) is 9.61. The van der Waals surface area contributed by atoms with Crippen LogP contribution in [0.4, 0.5) is 5.69 Å². The van der Waals surface area contributed by atoms with Gasteiger partial charge in [0, 0.05) is 5.56 Å². The van der Waals surface area contributed by atoms with Crippen LogP contribution >= 0.6 is 11.8 Å². The average molecular weight is 448 g/mol. The summed E-state index contributed by atoms with van der Waals surface area (Å²) >= 11 is 1.28. The maximum absolute atomic E-state index is 12.5. The second-order valence-electron chi connectivity index (χ2n) is 6.93. The molecule has 32 heavy (non-hydrogen) atoms. The number of fused-ring (bicyclic) bond motifs is 1. The standard InChI is InChI=1S/C23H21N5O3S/c1-3-31-23(30)17-6-4-5-7-18(17)24-20(29)14-32-21-13-12-19-25-26-22(28(19)27-21)16-10-8-15(2)9-11-16/h4-13H,3,14H2,1-2H3,(H,24,29). The highest BCUT2D eigenvalue weighted by atomic mass is 32.2. The van der Waals surface area contributed by atoms with E-state index in [4.69, 9.17) is 4.74 Å². The van der Waals surface area contributed by atoms with Gasteiger partial charge in [-0.25, -0.2) is 4.79 Å². The Morgan fingerprint density at radius 1 is 1.03 bits per heavy atom. The molecular weight excluding hydrogens is 426 g/mol. The molecule has 0 aliphatic carbocycles. The van der Waals surface area contributed by atoms with E-state index in [1.807, 2.05) is 37.3 Å². The molecule has 0 saturated carbocycles. The van der Waals surface area contributed by atoms with E-state index in [-0.39, 0.29) is 18.3 Å². The van der Waals surface area contributed by atoms with Crippen LogP contribution in [0.5, 0.6) is 0 Å². The van der Waals surface area contributed by atoms with Gasteiger partial charge < -0.3 is 10.1 Å². The molecule has 0 aliphatic heterocycles. The first-order valence-electron chi connectivity index (χ1n) is 10.0. The third-order valence-electron chi connectivity index (χ3n) is 4.60. The van der Waals surface area contributed by atoms with Crippen molar-refractivity contribution >= 4 is 35.0 Å². The number of ether oxygens (including phenoxy) is 1. The zero-order chi connectivity index (χ0) is 22.5. The normalized spacial score (nSPS) is 10.8. The molecule has 2 aromatic carbocycles. The zero-order valence-electron chi connectivity index (χ0n) is 17.6. The predicted octanol–water partition coefficient (Wildman–Crippen LogP) is 4.01. The van der Waals surface area contributed by atoms with Crippen molar-refractivity contribution in [2.24, 2.45) is 0 Å². The number of hydrogen-bond acceptors (Lipinski definition) is 7. The number of hydrogen-bond donors (Lipinski definition) is 1. The minimum Gasteiger partial charge on any atom is -0.462 e. The summed E-state index contributed by atoms with van der Waals surface area (Å²) in [5.74, 6) is 0.0309. The molecule has 162 valence electrons. The smallest absolute Gasteiger partial charge is 0.340 e. The molecule has 0 aliphatic rings. The van der Waals surface area contributed by atoms with E-state index in [0.717, 1.165) is 11.1 Å². The lowest BCUT2D eigenvalue weighted by molar-refractivity contribution is -0.113. The summed E-state index contributed by atoms with van der Waals surface area (Å²) in [6.07, 6.45) is 0. The van der Waals surface area contributed by atoms with E-state index in [2.05, 4.69) is 20.6 Å². The monoisotopic (exact) mass is 447 g/mol. The summed E-state index contributed by atoms with van der Waals surface area (Å²) in [6.45, 7) is 4.02. The third-order valence-corrected chi connectivity index (χ3v) is 5.52. The Kier molecular flexibility index (Phi) is 6.46. The summed E-state index contributed by atoms with van der Waals surface area (Å²) in [5.41, 5.74) is 3.42. The van der Waals surface area contributed by atoms with Crippen LogP contribution in [0, 0.1) is 6.92 Å². The van der Waals surface area contributed by atoms with Crippen molar-refractivity contribution in [3.8, 4) is 11.4 Å². The molecule has 0 radical (unpaired) electrons. The van der Waals surface area contributed by atoms with Crippen molar-refractivity contribution in [3.05, 3.63) is 71.8 Å². The Balaban J connectivity index is 1.47. The van der Waals surface area contributed by atoms with Crippen LogP contribution in [0.25, 0.3) is 17.0 Å². The number of nitrogens with one attached hydrogen (secondary N) is 1. The number of benzene rings is 2. The molecule has 4 aromatic rings. The molecule has 0 spiro atoms. The van der Waals surface area contributed by atoms with Crippen molar-refractivity contribution < 1.29 is 14.3 Å². The number of thioether (sulfide) groups is 1. The molecule has 0 unspecified atom stereocenters. The third kappa shape index (κ3) is 4.78. The van der Waals surface area contributed by atoms with E-state index in [1.54, 1.807) is 41.8 Å². The number of carbonyl (C=O) groups is 2. The maximum Gasteiger partial charge on any atom is 0.340 e. The Hall–Kier alpha value is -3.72. The quantitative estimate of drug-likeness (QED) is 0.338. The number of para-hydroxylation sites is 1. The van der Waals surface area contributed by atoms with Crippen LogP contribution in [0.15, 0.2) is 65.7 Å². The van der Waals surface area contributed by atoms with Gasteiger partial charge >= 0.3 is 5.97 Å². The Bertz CT molecular complexity index is 1270. The number of aryl methyl sites for hydroxylation is 1. The molecule has 0 saturated heterocycles. The fourth-order valence-corrected chi connectivity index (χ4v) is 3.69. The maximum atomic E-state index is 12.5. The fourth-order valence-electron chi connectivity index (χ4n) is 3.04. The molecule has 9 heteroatoms. The van der Waals surface area contributed by atoms with Gasteiger partial charge in [-0.3, -0.25) is 4.79 Å². The van der Waals surface area contributed by atoms with Crippen LogP contribution < -0.4 is 5.32 Å². The van der Waals surface area contributed by atoms with Crippen molar-refractivity contribution in [3.63, 3.8) is 0 Å². The number of carbonyl (C=O) groups excluding carboxylic acids is 2. The van der Waals surface area contributed by atoms with Gasteiger partial charge in [0.25, 0.3) is 0 Å². The first-order valence-corrected chi connectivity index (χ1v) is 11.0. The van der Waals surface area contributed by atoms with E-state index in [0.29, 0.717) is 27.7 Å². The largest absolute Gasteiger partial charge is 0.462 e. The van der Waals surface area contributed by atoms with Gasteiger partial charge in [0.05, 0.1) is 23.6 Å². The Labute approximate surface area is 189 Å². The Morgan fingerprint density at radius 3 is 2.59 bits per heavy atom. The van der Waals surface area contributed by atoms with Crippen molar-refractivity contribution in [2.45, 2.75) is 18.9 Å². The molecular formula is C23H21N5O3S. The van der Waals surface area contributed by atoms with Crippen LogP contribution in [0.2, 0.25) is 0 Å². The van der Waals surface area contributed by atoms with Gasteiger partial charge in [-0.15, -0.1) is 10.2 Å². The van der Waals surface area contributed by atoms with E-state index in [1.165, 1.54) is 11.8 Å². The molecule has 2 aromatic heterocycles. The first-order chi connectivity index (χ1) is 15.5. The molecule has 1 amide bonds. The van der Waals surface area contributed by atoms with Crippen molar-refractivity contribution in [1.29, 1.82) is 0 Å². The lowest BCUT2D eigenvalue weighted by atomic mass is 10.1.